The number of nitrogens with one attached hydrogen (secondary N) is 1. The maximum atomic E-state index is 11.9. The second-order valence-electron chi connectivity index (χ2n) is 6.05. The summed E-state index contributed by atoms with van der Waals surface area (Å²) in [4.78, 5) is 25.3. The Kier molecular flexibility index (Phi) is 7.14. The van der Waals surface area contributed by atoms with E-state index in [1.165, 1.54) is 25.3 Å². The highest BCUT2D eigenvalue weighted by molar-refractivity contribution is 7.89. The van der Waals surface area contributed by atoms with Gasteiger partial charge in [-0.05, 0) is 36.2 Å². The van der Waals surface area contributed by atoms with E-state index < -0.39 is 10.0 Å². The summed E-state index contributed by atoms with van der Waals surface area (Å²) >= 11 is 0. The second kappa shape index (κ2) is 9.33. The van der Waals surface area contributed by atoms with Crippen molar-refractivity contribution < 1.29 is 22.4 Å². The highest BCUT2D eigenvalue weighted by Gasteiger charge is 2.12. The molecule has 0 radical (unpaired) electrons. The molecule has 2 aromatic rings. The van der Waals surface area contributed by atoms with Crippen LogP contribution in [0.3, 0.4) is 0 Å². The molecule has 1 aromatic heterocycles. The zero-order valence-electron chi connectivity index (χ0n) is 15.1. The summed E-state index contributed by atoms with van der Waals surface area (Å²) in [5.41, 5.74) is 0.871. The van der Waals surface area contributed by atoms with Crippen molar-refractivity contribution in [2.45, 2.75) is 31.2 Å². The van der Waals surface area contributed by atoms with E-state index in [-0.39, 0.29) is 23.1 Å². The van der Waals surface area contributed by atoms with Gasteiger partial charge in [-0.2, -0.15) is 0 Å². The number of amides is 2. The fraction of sp³-hybridized carbons (Fsp3) is 0.333. The number of furan rings is 1. The lowest BCUT2D eigenvalue weighted by Crippen LogP contribution is -2.35. The molecular weight excluding hydrogens is 370 g/mol. The van der Waals surface area contributed by atoms with E-state index in [1.54, 1.807) is 29.2 Å². The van der Waals surface area contributed by atoms with E-state index >= 15 is 0 Å². The molecule has 0 saturated carbocycles. The Morgan fingerprint density at radius 3 is 2.41 bits per heavy atom. The monoisotopic (exact) mass is 393 g/mol. The van der Waals surface area contributed by atoms with Gasteiger partial charge in [-0.15, -0.1) is 0 Å². The molecule has 0 atom stereocenters. The Morgan fingerprint density at radius 1 is 1.15 bits per heavy atom. The number of hydrogen-bond donors (Lipinski definition) is 2. The standard InChI is InChI=1S/C18H23N3O5S/c1-14(22)21(11-9-18(23)20-13-16-3-2-12-26-16)10-8-15-4-6-17(7-5-15)27(19,24)25/h2-7,12H,8-11,13H2,1H3,(H,20,23)(H2,19,24,25). The first-order valence-corrected chi connectivity index (χ1v) is 9.96. The van der Waals surface area contributed by atoms with E-state index in [0.29, 0.717) is 31.8 Å². The van der Waals surface area contributed by atoms with Crippen LogP contribution in [-0.4, -0.2) is 38.2 Å². The van der Waals surface area contributed by atoms with Crippen LogP contribution in [-0.2, 0) is 32.6 Å². The van der Waals surface area contributed by atoms with Gasteiger partial charge in [0.1, 0.15) is 5.76 Å². The van der Waals surface area contributed by atoms with Crippen LogP contribution in [0, 0.1) is 0 Å². The highest BCUT2D eigenvalue weighted by Crippen LogP contribution is 2.10. The second-order valence-corrected chi connectivity index (χ2v) is 7.61. The zero-order chi connectivity index (χ0) is 19.9. The average Bonchev–Trinajstić information content (AvgIpc) is 3.12. The third-order valence-corrected chi connectivity index (χ3v) is 4.95. The molecule has 0 saturated heterocycles. The molecule has 9 heteroatoms. The molecule has 1 aromatic carbocycles. The molecule has 0 bridgehead atoms. The lowest BCUT2D eigenvalue weighted by atomic mass is 10.1. The number of carbonyl (C=O) groups is 2. The van der Waals surface area contributed by atoms with Crippen LogP contribution >= 0.6 is 0 Å². The molecule has 0 spiro atoms. The molecule has 0 aliphatic carbocycles. The molecule has 8 nitrogen and oxygen atoms in total. The van der Waals surface area contributed by atoms with Gasteiger partial charge in [0.2, 0.25) is 21.8 Å². The van der Waals surface area contributed by atoms with Crippen molar-refractivity contribution in [3.8, 4) is 0 Å². The van der Waals surface area contributed by atoms with Crippen molar-refractivity contribution in [1.29, 1.82) is 0 Å². The van der Waals surface area contributed by atoms with Gasteiger partial charge in [0.25, 0.3) is 0 Å². The first-order chi connectivity index (χ1) is 12.8. The van der Waals surface area contributed by atoms with E-state index in [2.05, 4.69) is 5.32 Å². The zero-order valence-corrected chi connectivity index (χ0v) is 15.9. The van der Waals surface area contributed by atoms with E-state index in [0.717, 1.165) is 5.56 Å². The Labute approximate surface area is 158 Å². The molecule has 2 amide bonds. The minimum atomic E-state index is -3.72. The summed E-state index contributed by atoms with van der Waals surface area (Å²) in [6.45, 7) is 2.48. The van der Waals surface area contributed by atoms with Crippen LogP contribution in [0.1, 0.15) is 24.7 Å². The number of primary sulfonamides is 1. The molecular formula is C18H23N3O5S. The fourth-order valence-electron chi connectivity index (χ4n) is 2.46. The first kappa shape index (κ1) is 20.7. The number of hydrogen-bond acceptors (Lipinski definition) is 5. The quantitative estimate of drug-likeness (QED) is 0.659. The van der Waals surface area contributed by atoms with Crippen LogP contribution in [0.4, 0.5) is 0 Å². The number of sulfonamides is 1. The number of carbonyl (C=O) groups excluding carboxylic acids is 2. The molecule has 0 unspecified atom stereocenters. The van der Waals surface area contributed by atoms with E-state index in [4.69, 9.17) is 9.56 Å². The largest absolute Gasteiger partial charge is 0.467 e. The van der Waals surface area contributed by atoms with Crippen LogP contribution in [0.5, 0.6) is 0 Å². The summed E-state index contributed by atoms with van der Waals surface area (Å²) in [5.74, 6) is 0.361. The number of nitrogens with two attached hydrogens (primary N) is 1. The third kappa shape index (κ3) is 6.87. The third-order valence-electron chi connectivity index (χ3n) is 4.02. The summed E-state index contributed by atoms with van der Waals surface area (Å²) in [5, 5.41) is 7.80. The SMILES string of the molecule is CC(=O)N(CCC(=O)NCc1ccco1)CCc1ccc(S(N)(=O)=O)cc1. The predicted molar refractivity (Wildman–Crippen MR) is 98.9 cm³/mol. The van der Waals surface area contributed by atoms with Gasteiger partial charge in [0, 0.05) is 26.4 Å². The van der Waals surface area contributed by atoms with E-state index in [9.17, 15) is 18.0 Å². The average molecular weight is 393 g/mol. The molecule has 0 aliphatic heterocycles. The van der Waals surface area contributed by atoms with Crippen LogP contribution in [0.2, 0.25) is 0 Å². The van der Waals surface area contributed by atoms with Crippen LogP contribution < -0.4 is 10.5 Å². The number of nitrogens with zero attached hydrogens (tertiary/aromatic N) is 1. The normalized spacial score (nSPS) is 11.2. The topological polar surface area (TPSA) is 123 Å². The van der Waals surface area contributed by atoms with Gasteiger partial charge in [-0.25, -0.2) is 13.6 Å². The Balaban J connectivity index is 1.81. The Bertz CT molecular complexity index is 861. The van der Waals surface area contributed by atoms with Gasteiger partial charge in [-0.1, -0.05) is 12.1 Å². The maximum absolute atomic E-state index is 11.9. The first-order valence-electron chi connectivity index (χ1n) is 8.42. The molecule has 0 fully saturated rings. The van der Waals surface area contributed by atoms with Gasteiger partial charge >= 0.3 is 0 Å². The van der Waals surface area contributed by atoms with Crippen molar-refractivity contribution >= 4 is 21.8 Å². The smallest absolute Gasteiger partial charge is 0.238 e. The molecule has 27 heavy (non-hydrogen) atoms. The number of rotatable bonds is 9. The fourth-order valence-corrected chi connectivity index (χ4v) is 2.98. The summed E-state index contributed by atoms with van der Waals surface area (Å²) in [6, 6.07) is 9.70. The van der Waals surface area contributed by atoms with Crippen LogP contribution in [0.15, 0.2) is 52.0 Å². The highest BCUT2D eigenvalue weighted by atomic mass is 32.2. The molecule has 0 aliphatic rings. The Morgan fingerprint density at radius 2 is 1.85 bits per heavy atom. The molecule has 3 N–H and O–H groups in total. The minimum Gasteiger partial charge on any atom is -0.467 e. The van der Waals surface area contributed by atoms with Crippen molar-refractivity contribution in [3.05, 3.63) is 54.0 Å². The van der Waals surface area contributed by atoms with E-state index in [1.807, 2.05) is 0 Å². The summed E-state index contributed by atoms with van der Waals surface area (Å²) in [7, 11) is -3.72. The van der Waals surface area contributed by atoms with Crippen LogP contribution in [0.25, 0.3) is 0 Å². The molecule has 146 valence electrons. The maximum Gasteiger partial charge on any atom is 0.238 e. The van der Waals surface area contributed by atoms with Gasteiger partial charge in [0.15, 0.2) is 0 Å². The molecule has 1 heterocycles. The van der Waals surface area contributed by atoms with Crippen molar-refractivity contribution in [2.24, 2.45) is 5.14 Å². The number of benzene rings is 1. The summed E-state index contributed by atoms with van der Waals surface area (Å²) < 4.78 is 27.7. The van der Waals surface area contributed by atoms with Crippen molar-refractivity contribution in [3.63, 3.8) is 0 Å². The summed E-state index contributed by atoms with van der Waals surface area (Å²) in [6.07, 6.45) is 2.26. The van der Waals surface area contributed by atoms with Crippen molar-refractivity contribution in [1.82, 2.24) is 10.2 Å². The van der Waals surface area contributed by atoms with Gasteiger partial charge < -0.3 is 14.6 Å². The van der Waals surface area contributed by atoms with Gasteiger partial charge in [0.05, 0.1) is 17.7 Å². The van der Waals surface area contributed by atoms with Crippen molar-refractivity contribution in [2.75, 3.05) is 13.1 Å². The van der Waals surface area contributed by atoms with Gasteiger partial charge in [-0.3, -0.25) is 9.59 Å². The minimum absolute atomic E-state index is 0.0444. The predicted octanol–water partition coefficient (Wildman–Crippen LogP) is 1.02. The lowest BCUT2D eigenvalue weighted by Gasteiger charge is -2.21. The Hall–Kier alpha value is -2.65. The molecule has 2 rings (SSSR count). The lowest BCUT2D eigenvalue weighted by molar-refractivity contribution is -0.129.